The average molecular weight is 240 g/mol. The van der Waals surface area contributed by atoms with E-state index in [1.807, 2.05) is 18.5 Å². The van der Waals surface area contributed by atoms with Gasteiger partial charge in [-0.15, -0.1) is 0 Å². The average Bonchev–Trinajstić information content (AvgIpc) is 2.52. The van der Waals surface area contributed by atoms with Gasteiger partial charge in [0.2, 0.25) is 0 Å². The van der Waals surface area contributed by atoms with Gasteiger partial charge in [-0.1, -0.05) is 0 Å². The number of hydrogen-bond donors (Lipinski definition) is 2. The summed E-state index contributed by atoms with van der Waals surface area (Å²) in [7, 11) is 0. The quantitative estimate of drug-likeness (QED) is 0.719. The number of carbonyl (C=O) groups is 1. The number of nitrogens with two attached hydrogens (primary N) is 1. The Balaban J connectivity index is 2.34. The van der Waals surface area contributed by atoms with Gasteiger partial charge in [0.15, 0.2) is 0 Å². The fraction of sp³-hybridized carbons (Fsp3) is 0.727. The maximum atomic E-state index is 10.8. The summed E-state index contributed by atoms with van der Waals surface area (Å²) in [4.78, 5) is 15.0. The van der Waals surface area contributed by atoms with Gasteiger partial charge in [0.25, 0.3) is 0 Å². The molecule has 0 spiro atoms. The Morgan fingerprint density at radius 3 is 2.59 bits per heavy atom. The zero-order valence-electron chi connectivity index (χ0n) is 10.6. The maximum Gasteiger partial charge on any atom is 0.323 e. The molecular weight excluding hydrogens is 220 g/mol. The van der Waals surface area contributed by atoms with Crippen LogP contribution in [-0.2, 0) is 11.3 Å². The summed E-state index contributed by atoms with van der Waals surface area (Å²) in [5.74, 6) is 0.693. The number of aromatic nitrogens is 3. The van der Waals surface area contributed by atoms with Crippen LogP contribution in [0.3, 0.4) is 0 Å². The van der Waals surface area contributed by atoms with Crippen molar-refractivity contribution in [2.75, 3.05) is 0 Å². The first-order valence-electron chi connectivity index (χ1n) is 5.73. The maximum absolute atomic E-state index is 10.8. The summed E-state index contributed by atoms with van der Waals surface area (Å²) in [6, 6.07) is 0. The number of unbranched alkanes of at least 4 members (excludes halogenated alkanes) is 1. The van der Waals surface area contributed by atoms with Crippen LogP contribution < -0.4 is 5.73 Å². The molecule has 0 aliphatic heterocycles. The van der Waals surface area contributed by atoms with Crippen LogP contribution in [0.15, 0.2) is 0 Å². The zero-order chi connectivity index (χ0) is 13.1. The molecule has 1 rings (SSSR count). The molecule has 0 amide bonds. The summed E-state index contributed by atoms with van der Waals surface area (Å²) >= 11 is 0. The fourth-order valence-corrected chi connectivity index (χ4v) is 1.63. The molecule has 0 radical (unpaired) electrons. The van der Waals surface area contributed by atoms with E-state index in [9.17, 15) is 4.79 Å². The number of carboxylic acids is 1. The normalized spacial score (nSPS) is 14.6. The van der Waals surface area contributed by atoms with Crippen molar-refractivity contribution in [3.8, 4) is 0 Å². The van der Waals surface area contributed by atoms with Crippen molar-refractivity contribution in [1.82, 2.24) is 14.8 Å². The zero-order valence-corrected chi connectivity index (χ0v) is 10.6. The summed E-state index contributed by atoms with van der Waals surface area (Å²) in [6.45, 7) is 6.05. The van der Waals surface area contributed by atoms with Gasteiger partial charge in [0.1, 0.15) is 17.2 Å². The summed E-state index contributed by atoms with van der Waals surface area (Å²) in [5, 5.41) is 13.1. The molecule has 1 aromatic rings. The lowest BCUT2D eigenvalue weighted by atomic mass is 9.96. The minimum absolute atomic E-state index is 0.467. The number of carboxylic acid groups (broad SMARTS) is 1. The van der Waals surface area contributed by atoms with Gasteiger partial charge < -0.3 is 10.8 Å². The highest BCUT2D eigenvalue weighted by Crippen LogP contribution is 2.11. The molecule has 3 N–H and O–H groups in total. The molecule has 17 heavy (non-hydrogen) atoms. The molecule has 96 valence electrons. The van der Waals surface area contributed by atoms with Gasteiger partial charge in [0, 0.05) is 6.54 Å². The van der Waals surface area contributed by atoms with Crippen molar-refractivity contribution in [2.45, 2.75) is 52.1 Å². The van der Waals surface area contributed by atoms with Crippen molar-refractivity contribution in [3.05, 3.63) is 11.6 Å². The van der Waals surface area contributed by atoms with Gasteiger partial charge in [-0.3, -0.25) is 9.48 Å². The lowest BCUT2D eigenvalue weighted by molar-refractivity contribution is -0.142. The number of nitrogens with zero attached hydrogens (tertiary/aromatic N) is 3. The van der Waals surface area contributed by atoms with E-state index in [1.165, 1.54) is 0 Å². The largest absolute Gasteiger partial charge is 0.480 e. The van der Waals surface area contributed by atoms with Crippen LogP contribution in [0.1, 0.15) is 37.8 Å². The molecule has 1 atom stereocenters. The van der Waals surface area contributed by atoms with E-state index in [0.717, 1.165) is 31.0 Å². The van der Waals surface area contributed by atoms with Crippen molar-refractivity contribution < 1.29 is 9.90 Å². The predicted molar refractivity (Wildman–Crippen MR) is 63.6 cm³/mol. The molecule has 0 aliphatic rings. The van der Waals surface area contributed by atoms with E-state index in [1.54, 1.807) is 6.92 Å². The second kappa shape index (κ2) is 5.27. The number of hydrogen-bond acceptors (Lipinski definition) is 4. The van der Waals surface area contributed by atoms with Gasteiger partial charge in [-0.2, -0.15) is 5.10 Å². The lowest BCUT2D eigenvalue weighted by Crippen LogP contribution is -2.44. The van der Waals surface area contributed by atoms with Gasteiger partial charge in [0.05, 0.1) is 0 Å². The van der Waals surface area contributed by atoms with E-state index in [-0.39, 0.29) is 0 Å². The van der Waals surface area contributed by atoms with Gasteiger partial charge in [-0.05, 0) is 40.0 Å². The number of aryl methyl sites for hydroxylation is 3. The third-order valence-electron chi connectivity index (χ3n) is 2.77. The molecule has 0 bridgehead atoms. The highest BCUT2D eigenvalue weighted by Gasteiger charge is 2.26. The molecule has 1 aromatic heterocycles. The highest BCUT2D eigenvalue weighted by molar-refractivity contribution is 5.77. The fourth-order valence-electron chi connectivity index (χ4n) is 1.63. The Bertz CT molecular complexity index is 398. The smallest absolute Gasteiger partial charge is 0.323 e. The molecule has 6 nitrogen and oxygen atoms in total. The van der Waals surface area contributed by atoms with E-state index in [4.69, 9.17) is 10.8 Å². The van der Waals surface area contributed by atoms with E-state index < -0.39 is 11.5 Å². The molecule has 6 heteroatoms. The second-order valence-corrected chi connectivity index (χ2v) is 4.61. The molecule has 1 unspecified atom stereocenters. The van der Waals surface area contributed by atoms with Crippen LogP contribution in [0.2, 0.25) is 0 Å². The third kappa shape index (κ3) is 3.81. The van der Waals surface area contributed by atoms with Crippen LogP contribution in [-0.4, -0.2) is 31.4 Å². The van der Waals surface area contributed by atoms with E-state index in [2.05, 4.69) is 10.1 Å². The van der Waals surface area contributed by atoms with Gasteiger partial charge in [-0.25, -0.2) is 4.98 Å². The molecule has 0 fully saturated rings. The van der Waals surface area contributed by atoms with Crippen molar-refractivity contribution >= 4 is 5.97 Å². The number of aliphatic carboxylic acids is 1. The molecular formula is C11H20N4O2. The summed E-state index contributed by atoms with van der Waals surface area (Å²) in [6.07, 6.45) is 2.08. The Kier molecular flexibility index (Phi) is 4.22. The molecule has 0 aliphatic carbocycles. The Hall–Kier alpha value is -1.43. The van der Waals surface area contributed by atoms with Crippen LogP contribution in [0.25, 0.3) is 0 Å². The van der Waals surface area contributed by atoms with Gasteiger partial charge >= 0.3 is 5.97 Å². The predicted octanol–water partition coefficient (Wildman–Crippen LogP) is 0.867. The first-order valence-corrected chi connectivity index (χ1v) is 5.73. The Morgan fingerprint density at radius 2 is 2.12 bits per heavy atom. The SMILES string of the molecule is Cc1nc(C)n(CCCCC(C)(N)C(=O)O)n1. The lowest BCUT2D eigenvalue weighted by Gasteiger charge is -2.18. The minimum Gasteiger partial charge on any atom is -0.480 e. The highest BCUT2D eigenvalue weighted by atomic mass is 16.4. The Labute approximate surface area is 101 Å². The summed E-state index contributed by atoms with van der Waals surface area (Å²) < 4.78 is 1.84. The molecule has 0 saturated heterocycles. The third-order valence-corrected chi connectivity index (χ3v) is 2.77. The van der Waals surface area contributed by atoms with Crippen molar-refractivity contribution in [2.24, 2.45) is 5.73 Å². The molecule has 0 saturated carbocycles. The van der Waals surface area contributed by atoms with Crippen LogP contribution in [0, 0.1) is 13.8 Å². The summed E-state index contributed by atoms with van der Waals surface area (Å²) in [5.41, 5.74) is 4.51. The first kappa shape index (κ1) is 13.6. The van der Waals surface area contributed by atoms with Crippen molar-refractivity contribution in [3.63, 3.8) is 0 Å². The monoisotopic (exact) mass is 240 g/mol. The first-order chi connectivity index (χ1) is 7.83. The second-order valence-electron chi connectivity index (χ2n) is 4.61. The van der Waals surface area contributed by atoms with Crippen LogP contribution in [0.4, 0.5) is 0 Å². The minimum atomic E-state index is -1.13. The van der Waals surface area contributed by atoms with Crippen LogP contribution in [0.5, 0.6) is 0 Å². The molecule has 1 heterocycles. The van der Waals surface area contributed by atoms with Crippen LogP contribution >= 0.6 is 0 Å². The van der Waals surface area contributed by atoms with E-state index >= 15 is 0 Å². The topological polar surface area (TPSA) is 94.0 Å². The Morgan fingerprint density at radius 1 is 1.47 bits per heavy atom. The van der Waals surface area contributed by atoms with Crippen molar-refractivity contribution in [1.29, 1.82) is 0 Å². The van der Waals surface area contributed by atoms with E-state index in [0.29, 0.717) is 6.42 Å². The standard InChI is InChI=1S/C11H20N4O2/c1-8-13-9(2)15(14-8)7-5-4-6-11(3,12)10(16)17/h4-7,12H2,1-3H3,(H,16,17). The number of rotatable bonds is 6. The molecule has 0 aromatic carbocycles.